The van der Waals surface area contributed by atoms with Crippen molar-refractivity contribution in [2.45, 2.75) is 71.3 Å². The fourth-order valence-electron chi connectivity index (χ4n) is 3.27. The Morgan fingerprint density at radius 1 is 1.29 bits per heavy atom. The molecule has 0 saturated heterocycles. The molecule has 0 unspecified atom stereocenters. The highest BCUT2D eigenvalue weighted by Gasteiger charge is 2.21. The van der Waals surface area contributed by atoms with Gasteiger partial charge in [-0.2, -0.15) is 0 Å². The molecule has 0 atom stereocenters. The summed E-state index contributed by atoms with van der Waals surface area (Å²) in [6, 6.07) is 0. The summed E-state index contributed by atoms with van der Waals surface area (Å²) in [6.45, 7) is 5.49. The molecule has 0 saturated carbocycles. The van der Waals surface area contributed by atoms with Gasteiger partial charge in [0.25, 0.3) is 11.5 Å². The summed E-state index contributed by atoms with van der Waals surface area (Å²) in [5.74, 6) is -0.334. The maximum Gasteiger partial charge on any atom is 0.306 e. The van der Waals surface area contributed by atoms with Gasteiger partial charge in [-0.25, -0.2) is 4.98 Å². The van der Waals surface area contributed by atoms with Crippen LogP contribution < -0.4 is 10.9 Å². The lowest BCUT2D eigenvalue weighted by Crippen LogP contribution is -2.44. The number of nitrogens with one attached hydrogen (secondary N) is 2. The largest absolute Gasteiger partial charge is 0.456 e. The minimum absolute atomic E-state index is 0.0595. The highest BCUT2D eigenvalue weighted by atomic mass is 32.1. The van der Waals surface area contributed by atoms with Crippen molar-refractivity contribution in [1.82, 2.24) is 15.3 Å². The molecule has 0 fully saturated rings. The van der Waals surface area contributed by atoms with Crippen LogP contribution in [0.5, 0.6) is 0 Å². The van der Waals surface area contributed by atoms with E-state index in [1.807, 2.05) is 20.8 Å². The average Bonchev–Trinajstić information content (AvgIpc) is 3.03. The number of amides is 1. The van der Waals surface area contributed by atoms with Crippen molar-refractivity contribution in [2.24, 2.45) is 0 Å². The fraction of sp³-hybridized carbons (Fsp3) is 0.600. The molecule has 8 heteroatoms. The normalized spacial score (nSPS) is 14.0. The number of fused-ring (bicyclic) bond motifs is 3. The summed E-state index contributed by atoms with van der Waals surface area (Å²) in [4.78, 5) is 45.6. The molecule has 2 N–H and O–H groups in total. The highest BCUT2D eigenvalue weighted by Crippen LogP contribution is 2.33. The summed E-state index contributed by atoms with van der Waals surface area (Å²) in [5.41, 5.74) is 0.684. The smallest absolute Gasteiger partial charge is 0.306 e. The molecule has 1 aliphatic carbocycles. The van der Waals surface area contributed by atoms with E-state index in [-0.39, 0.29) is 36.5 Å². The highest BCUT2D eigenvalue weighted by molar-refractivity contribution is 7.18. The molecule has 3 rings (SSSR count). The van der Waals surface area contributed by atoms with Gasteiger partial charge in [0.2, 0.25) is 0 Å². The van der Waals surface area contributed by atoms with Crippen molar-refractivity contribution in [1.29, 1.82) is 0 Å². The van der Waals surface area contributed by atoms with E-state index in [4.69, 9.17) is 4.74 Å². The van der Waals surface area contributed by atoms with Gasteiger partial charge in [0, 0.05) is 16.8 Å². The first-order valence-corrected chi connectivity index (χ1v) is 10.6. The number of hydrogen-bond acceptors (Lipinski definition) is 6. The number of rotatable bonds is 7. The summed E-state index contributed by atoms with van der Waals surface area (Å²) < 4.78 is 5.03. The molecule has 2 aromatic rings. The van der Waals surface area contributed by atoms with Crippen LogP contribution >= 0.6 is 11.3 Å². The van der Waals surface area contributed by atoms with Crippen molar-refractivity contribution in [2.75, 3.05) is 6.61 Å². The Balaban J connectivity index is 1.57. The number of carbonyl (C=O) groups excluding carboxylic acids is 2. The van der Waals surface area contributed by atoms with Crippen LogP contribution in [0.2, 0.25) is 0 Å². The molecular weight excluding hydrogens is 378 g/mol. The van der Waals surface area contributed by atoms with E-state index in [9.17, 15) is 14.4 Å². The lowest BCUT2D eigenvalue weighted by molar-refractivity contribution is -0.149. The van der Waals surface area contributed by atoms with Gasteiger partial charge in [-0.05, 0) is 51.5 Å². The molecule has 28 heavy (non-hydrogen) atoms. The quantitative estimate of drug-likeness (QED) is 0.690. The number of thiophene rings is 1. The van der Waals surface area contributed by atoms with Gasteiger partial charge >= 0.3 is 5.97 Å². The third-order valence-electron chi connectivity index (χ3n) is 5.17. The van der Waals surface area contributed by atoms with Crippen molar-refractivity contribution >= 4 is 33.4 Å². The Kier molecular flexibility index (Phi) is 6.17. The van der Waals surface area contributed by atoms with E-state index >= 15 is 0 Å². The van der Waals surface area contributed by atoms with Crippen molar-refractivity contribution in [3.8, 4) is 0 Å². The zero-order chi connectivity index (χ0) is 20.3. The van der Waals surface area contributed by atoms with Gasteiger partial charge in [-0.15, -0.1) is 11.3 Å². The number of ether oxygens (including phenoxy) is 1. The summed E-state index contributed by atoms with van der Waals surface area (Å²) in [7, 11) is 0. The van der Waals surface area contributed by atoms with Gasteiger partial charge in [0.1, 0.15) is 10.7 Å². The minimum Gasteiger partial charge on any atom is -0.456 e. The van der Waals surface area contributed by atoms with E-state index in [0.29, 0.717) is 11.2 Å². The molecule has 2 heterocycles. The van der Waals surface area contributed by atoms with Crippen molar-refractivity contribution in [3.05, 3.63) is 26.6 Å². The van der Waals surface area contributed by atoms with Gasteiger partial charge in [0.15, 0.2) is 6.61 Å². The molecule has 1 amide bonds. The molecule has 0 spiro atoms. The Morgan fingerprint density at radius 2 is 2.04 bits per heavy atom. The van der Waals surface area contributed by atoms with Gasteiger partial charge in [0.05, 0.1) is 11.8 Å². The van der Waals surface area contributed by atoms with E-state index in [0.717, 1.165) is 42.5 Å². The zero-order valence-electron chi connectivity index (χ0n) is 16.6. The SMILES string of the molecule is CCC(C)(C)NC(=O)COC(=O)CCc1nc2sc3c(c2c(=O)[nH]1)CCCC3. The Morgan fingerprint density at radius 3 is 2.79 bits per heavy atom. The molecule has 0 radical (unpaired) electrons. The Labute approximate surface area is 167 Å². The van der Waals surface area contributed by atoms with Crippen LogP contribution in [0.25, 0.3) is 10.2 Å². The number of hydrogen-bond donors (Lipinski definition) is 2. The third-order valence-corrected chi connectivity index (χ3v) is 6.35. The van der Waals surface area contributed by atoms with Crippen LogP contribution in [0, 0.1) is 0 Å². The first-order chi connectivity index (χ1) is 13.3. The number of aromatic amines is 1. The number of carbonyl (C=O) groups is 2. The number of aryl methyl sites for hydroxylation is 3. The van der Waals surface area contributed by atoms with E-state index < -0.39 is 5.97 Å². The fourth-order valence-corrected chi connectivity index (χ4v) is 4.55. The molecule has 0 bridgehead atoms. The molecular formula is C20H27N3O4S. The maximum atomic E-state index is 12.5. The summed E-state index contributed by atoms with van der Waals surface area (Å²) in [5, 5.41) is 3.52. The summed E-state index contributed by atoms with van der Waals surface area (Å²) >= 11 is 1.58. The lowest BCUT2D eigenvalue weighted by atomic mass is 9.97. The Bertz CT molecular complexity index is 945. The molecule has 0 aliphatic heterocycles. The van der Waals surface area contributed by atoms with E-state index in [1.54, 1.807) is 11.3 Å². The van der Waals surface area contributed by atoms with Crippen molar-refractivity contribution in [3.63, 3.8) is 0 Å². The number of esters is 1. The minimum atomic E-state index is -0.488. The predicted molar refractivity (Wildman–Crippen MR) is 109 cm³/mol. The summed E-state index contributed by atoms with van der Waals surface area (Å²) in [6.07, 6.45) is 5.31. The van der Waals surface area contributed by atoms with E-state index in [2.05, 4.69) is 15.3 Å². The first kappa shape index (κ1) is 20.5. The van der Waals surface area contributed by atoms with Crippen LogP contribution in [0.4, 0.5) is 0 Å². The molecule has 7 nitrogen and oxygen atoms in total. The third kappa shape index (κ3) is 4.79. The topological polar surface area (TPSA) is 101 Å². The van der Waals surface area contributed by atoms with Gasteiger partial charge in [-0.1, -0.05) is 6.92 Å². The molecule has 152 valence electrons. The monoisotopic (exact) mass is 405 g/mol. The first-order valence-electron chi connectivity index (χ1n) is 9.79. The standard InChI is InChI=1S/C20H27N3O4S/c1-4-20(2,3)23-15(24)11-27-16(25)10-9-14-21-18(26)17-12-7-5-6-8-13(12)28-19(17)22-14/h4-11H2,1-3H3,(H,23,24)(H,21,22,26). The average molecular weight is 406 g/mol. The van der Waals surface area contributed by atoms with Crippen LogP contribution in [-0.4, -0.2) is 34.0 Å². The second-order valence-corrected chi connectivity index (χ2v) is 8.93. The second-order valence-electron chi connectivity index (χ2n) is 7.85. The second kappa shape index (κ2) is 8.43. The van der Waals surface area contributed by atoms with Gasteiger partial charge < -0.3 is 15.0 Å². The van der Waals surface area contributed by atoms with Crippen LogP contribution in [0.3, 0.4) is 0 Å². The number of aromatic nitrogens is 2. The lowest BCUT2D eigenvalue weighted by Gasteiger charge is -2.24. The van der Waals surface area contributed by atoms with Crippen molar-refractivity contribution < 1.29 is 14.3 Å². The van der Waals surface area contributed by atoms with Gasteiger partial charge in [-0.3, -0.25) is 14.4 Å². The number of nitrogens with zero attached hydrogens (tertiary/aromatic N) is 1. The molecule has 1 aliphatic rings. The Hall–Kier alpha value is -2.22. The molecule has 0 aromatic carbocycles. The molecule has 2 aromatic heterocycles. The number of H-pyrrole nitrogens is 1. The van der Waals surface area contributed by atoms with Crippen LogP contribution in [-0.2, 0) is 33.6 Å². The maximum absolute atomic E-state index is 12.5. The van der Waals surface area contributed by atoms with E-state index in [1.165, 1.54) is 4.88 Å². The van der Waals surface area contributed by atoms with Crippen LogP contribution in [0.15, 0.2) is 4.79 Å². The van der Waals surface area contributed by atoms with Crippen LogP contribution in [0.1, 0.15) is 62.7 Å². The predicted octanol–water partition coefficient (Wildman–Crippen LogP) is 2.64. The zero-order valence-corrected chi connectivity index (χ0v) is 17.5.